The molecule has 0 bridgehead atoms. The Hall–Kier alpha value is -2.21. The van der Waals surface area contributed by atoms with Gasteiger partial charge in [-0.05, 0) is 25.1 Å². The van der Waals surface area contributed by atoms with Gasteiger partial charge in [-0.15, -0.1) is 0 Å². The van der Waals surface area contributed by atoms with Crippen LogP contribution in [-0.4, -0.2) is 66.7 Å². The van der Waals surface area contributed by atoms with Gasteiger partial charge in [-0.3, -0.25) is 9.88 Å². The number of hydrogen-bond donors (Lipinski definition) is 0. The maximum atomic E-state index is 4.64. The van der Waals surface area contributed by atoms with Crippen LogP contribution in [0.1, 0.15) is 11.4 Å². The first kappa shape index (κ1) is 16.6. The second-order valence-corrected chi connectivity index (χ2v) is 6.46. The van der Waals surface area contributed by atoms with E-state index in [1.54, 1.807) is 0 Å². The van der Waals surface area contributed by atoms with Gasteiger partial charge in [0, 0.05) is 70.8 Å². The highest BCUT2D eigenvalue weighted by molar-refractivity contribution is 5.43. The molecule has 0 unspecified atom stereocenters. The van der Waals surface area contributed by atoms with Crippen LogP contribution in [0.2, 0.25) is 0 Å². The molecule has 2 aromatic rings. The van der Waals surface area contributed by atoms with E-state index in [0.29, 0.717) is 0 Å². The van der Waals surface area contributed by atoms with Crippen molar-refractivity contribution in [2.75, 3.05) is 56.6 Å². The molecule has 0 spiro atoms. The zero-order valence-corrected chi connectivity index (χ0v) is 14.8. The summed E-state index contributed by atoms with van der Waals surface area (Å²) in [5.74, 6) is 1.79. The Balaban J connectivity index is 1.51. The van der Waals surface area contributed by atoms with E-state index in [9.17, 15) is 0 Å². The molecule has 128 valence electrons. The average molecular weight is 326 g/mol. The quantitative estimate of drug-likeness (QED) is 0.832. The number of anilines is 2. The van der Waals surface area contributed by atoms with Gasteiger partial charge in [0.15, 0.2) is 0 Å². The molecule has 0 atom stereocenters. The average Bonchev–Trinajstić information content (AvgIpc) is 2.60. The first-order valence-electron chi connectivity index (χ1n) is 8.52. The van der Waals surface area contributed by atoms with Crippen LogP contribution in [0.15, 0.2) is 30.5 Å². The van der Waals surface area contributed by atoms with Crippen LogP contribution in [0.25, 0.3) is 0 Å². The molecule has 0 saturated carbocycles. The molecule has 6 heteroatoms. The molecule has 1 aliphatic heterocycles. The summed E-state index contributed by atoms with van der Waals surface area (Å²) in [4.78, 5) is 20.3. The molecule has 3 rings (SSSR count). The number of aromatic nitrogens is 3. The first-order valence-corrected chi connectivity index (χ1v) is 8.52. The van der Waals surface area contributed by atoms with Gasteiger partial charge >= 0.3 is 0 Å². The normalized spacial score (nSPS) is 15.5. The predicted molar refractivity (Wildman–Crippen MR) is 97.7 cm³/mol. The van der Waals surface area contributed by atoms with Gasteiger partial charge in [-0.25, -0.2) is 4.98 Å². The number of pyridine rings is 1. The molecule has 6 nitrogen and oxygen atoms in total. The monoisotopic (exact) mass is 326 g/mol. The van der Waals surface area contributed by atoms with E-state index in [1.807, 2.05) is 44.2 Å². The predicted octanol–water partition coefficient (Wildman–Crippen LogP) is 1.61. The zero-order chi connectivity index (χ0) is 16.9. The minimum Gasteiger partial charge on any atom is -0.354 e. The molecule has 1 saturated heterocycles. The first-order chi connectivity index (χ1) is 11.6. The van der Waals surface area contributed by atoms with Crippen molar-refractivity contribution in [3.63, 3.8) is 0 Å². The van der Waals surface area contributed by atoms with Crippen molar-refractivity contribution in [3.05, 3.63) is 41.9 Å². The van der Waals surface area contributed by atoms with E-state index in [0.717, 1.165) is 56.6 Å². The van der Waals surface area contributed by atoms with Gasteiger partial charge in [0.05, 0.1) is 0 Å². The van der Waals surface area contributed by atoms with Crippen molar-refractivity contribution in [2.24, 2.45) is 0 Å². The van der Waals surface area contributed by atoms with Crippen LogP contribution in [0.3, 0.4) is 0 Å². The van der Waals surface area contributed by atoms with Crippen molar-refractivity contribution in [1.82, 2.24) is 19.9 Å². The number of nitrogens with zero attached hydrogens (tertiary/aromatic N) is 6. The van der Waals surface area contributed by atoms with Gasteiger partial charge < -0.3 is 9.80 Å². The molecule has 1 aliphatic rings. The van der Waals surface area contributed by atoms with Crippen molar-refractivity contribution < 1.29 is 0 Å². The molecular weight excluding hydrogens is 300 g/mol. The van der Waals surface area contributed by atoms with Gasteiger partial charge in [-0.2, -0.15) is 4.98 Å². The summed E-state index contributed by atoms with van der Waals surface area (Å²) in [7, 11) is 3.94. The van der Waals surface area contributed by atoms with Crippen molar-refractivity contribution in [2.45, 2.75) is 13.3 Å². The lowest BCUT2D eigenvalue weighted by atomic mass is 10.2. The smallest absolute Gasteiger partial charge is 0.226 e. The minimum absolute atomic E-state index is 0.764. The number of hydrogen-bond acceptors (Lipinski definition) is 6. The van der Waals surface area contributed by atoms with Crippen LogP contribution in [-0.2, 0) is 6.42 Å². The number of piperazine rings is 1. The van der Waals surface area contributed by atoms with Crippen LogP contribution in [0, 0.1) is 6.92 Å². The summed E-state index contributed by atoms with van der Waals surface area (Å²) in [5, 5.41) is 0. The van der Waals surface area contributed by atoms with Gasteiger partial charge in [0.2, 0.25) is 5.95 Å². The highest BCUT2D eigenvalue weighted by Crippen LogP contribution is 2.16. The second-order valence-electron chi connectivity index (χ2n) is 6.46. The SMILES string of the molecule is Cc1cccc(CCN2CCN(c3ccnc(N(C)C)n3)CC2)n1. The highest BCUT2D eigenvalue weighted by Gasteiger charge is 2.18. The summed E-state index contributed by atoms with van der Waals surface area (Å²) in [6.45, 7) is 7.25. The Morgan fingerprint density at radius 1 is 1.04 bits per heavy atom. The fraction of sp³-hybridized carbons (Fsp3) is 0.500. The molecule has 0 N–H and O–H groups in total. The molecular formula is C18H26N6. The van der Waals surface area contributed by atoms with Gasteiger partial charge in [-0.1, -0.05) is 6.07 Å². The maximum absolute atomic E-state index is 4.64. The van der Waals surface area contributed by atoms with E-state index in [-0.39, 0.29) is 0 Å². The topological polar surface area (TPSA) is 48.4 Å². The van der Waals surface area contributed by atoms with Crippen LogP contribution < -0.4 is 9.80 Å². The zero-order valence-electron chi connectivity index (χ0n) is 14.8. The van der Waals surface area contributed by atoms with E-state index in [2.05, 4.69) is 36.9 Å². The Morgan fingerprint density at radius 3 is 2.54 bits per heavy atom. The molecule has 0 amide bonds. The standard InChI is InChI=1S/C18H26N6/c1-15-5-4-6-16(20-15)8-10-23-11-13-24(14-12-23)17-7-9-19-18(21-17)22(2)3/h4-7,9H,8,10-14H2,1-3H3. The summed E-state index contributed by atoms with van der Waals surface area (Å²) in [6, 6.07) is 8.26. The lowest BCUT2D eigenvalue weighted by molar-refractivity contribution is 0.259. The Morgan fingerprint density at radius 2 is 1.83 bits per heavy atom. The fourth-order valence-electron chi connectivity index (χ4n) is 2.94. The van der Waals surface area contributed by atoms with Gasteiger partial charge in [0.25, 0.3) is 0 Å². The molecule has 24 heavy (non-hydrogen) atoms. The summed E-state index contributed by atoms with van der Waals surface area (Å²) in [6.07, 6.45) is 2.85. The minimum atomic E-state index is 0.764. The number of rotatable bonds is 5. The van der Waals surface area contributed by atoms with Crippen molar-refractivity contribution in [3.8, 4) is 0 Å². The Kier molecular flexibility index (Phi) is 5.25. The Labute approximate surface area is 144 Å². The molecule has 2 aromatic heterocycles. The van der Waals surface area contributed by atoms with E-state index in [4.69, 9.17) is 0 Å². The van der Waals surface area contributed by atoms with E-state index >= 15 is 0 Å². The summed E-state index contributed by atoms with van der Waals surface area (Å²) >= 11 is 0. The summed E-state index contributed by atoms with van der Waals surface area (Å²) < 4.78 is 0. The molecule has 1 fully saturated rings. The third-order valence-electron chi connectivity index (χ3n) is 4.35. The van der Waals surface area contributed by atoms with E-state index < -0.39 is 0 Å². The van der Waals surface area contributed by atoms with Crippen LogP contribution >= 0.6 is 0 Å². The fourth-order valence-corrected chi connectivity index (χ4v) is 2.94. The van der Waals surface area contributed by atoms with Crippen LogP contribution in [0.4, 0.5) is 11.8 Å². The van der Waals surface area contributed by atoms with Crippen molar-refractivity contribution in [1.29, 1.82) is 0 Å². The van der Waals surface area contributed by atoms with Gasteiger partial charge in [0.1, 0.15) is 5.82 Å². The number of aryl methyl sites for hydroxylation is 1. The van der Waals surface area contributed by atoms with Crippen molar-refractivity contribution >= 4 is 11.8 Å². The highest BCUT2D eigenvalue weighted by atomic mass is 15.3. The third kappa shape index (κ3) is 4.20. The summed E-state index contributed by atoms with van der Waals surface area (Å²) in [5.41, 5.74) is 2.28. The Bertz CT molecular complexity index is 664. The largest absolute Gasteiger partial charge is 0.354 e. The van der Waals surface area contributed by atoms with E-state index in [1.165, 1.54) is 5.69 Å². The third-order valence-corrected chi connectivity index (χ3v) is 4.35. The molecule has 3 heterocycles. The molecule has 0 aromatic carbocycles. The molecule has 0 radical (unpaired) electrons. The lowest BCUT2D eigenvalue weighted by Crippen LogP contribution is -2.47. The maximum Gasteiger partial charge on any atom is 0.226 e. The molecule has 0 aliphatic carbocycles. The van der Waals surface area contributed by atoms with Crippen LogP contribution in [0.5, 0.6) is 0 Å². The second kappa shape index (κ2) is 7.57. The lowest BCUT2D eigenvalue weighted by Gasteiger charge is -2.35.